The van der Waals surface area contributed by atoms with Gasteiger partial charge in [0.05, 0.1) is 14.2 Å². The quantitative estimate of drug-likeness (QED) is 0.158. The van der Waals surface area contributed by atoms with Gasteiger partial charge >= 0.3 is 0 Å². The number of aliphatic hydroxyl groups excluding tert-OH is 2. The Kier molecular flexibility index (Phi) is 10.1. The van der Waals surface area contributed by atoms with Gasteiger partial charge in [-0.1, -0.05) is 24.3 Å². The molecule has 0 aliphatic heterocycles. The summed E-state index contributed by atoms with van der Waals surface area (Å²) in [5, 5.41) is 20.8. The zero-order chi connectivity index (χ0) is 32.1. The van der Waals surface area contributed by atoms with Crippen LogP contribution in [-0.4, -0.2) is 37.6 Å². The van der Waals surface area contributed by atoms with Crippen LogP contribution in [0.3, 0.4) is 0 Å². The van der Waals surface area contributed by atoms with Gasteiger partial charge in [0.1, 0.15) is 25.4 Å². The Bertz CT molecular complexity index is 1510. The average Bonchev–Trinajstić information content (AvgIpc) is 3.55. The van der Waals surface area contributed by atoms with Crippen LogP contribution in [0.15, 0.2) is 72.8 Å². The zero-order valence-electron chi connectivity index (χ0n) is 24.8. The van der Waals surface area contributed by atoms with Gasteiger partial charge in [0.2, 0.25) is 0 Å². The molecule has 4 aromatic rings. The topological polar surface area (TPSA) is 77.4 Å². The van der Waals surface area contributed by atoms with Crippen LogP contribution in [0, 0.1) is 23.3 Å². The van der Waals surface area contributed by atoms with Crippen molar-refractivity contribution in [2.45, 2.75) is 43.3 Å². The lowest BCUT2D eigenvalue weighted by molar-refractivity contribution is 0.106. The average molecular weight is 627 g/mol. The lowest BCUT2D eigenvalue weighted by Gasteiger charge is -2.18. The molecule has 45 heavy (non-hydrogen) atoms. The molecule has 0 bridgehead atoms. The maximum Gasteiger partial charge on any atom is 0.161 e. The number of ether oxygens (including phenoxy) is 4. The summed E-state index contributed by atoms with van der Waals surface area (Å²) < 4.78 is 76.2. The molecule has 4 atom stereocenters. The van der Waals surface area contributed by atoms with Gasteiger partial charge in [-0.2, -0.15) is 0 Å². The molecular formula is C35H34F4O6. The number of halogens is 4. The van der Waals surface area contributed by atoms with E-state index in [9.17, 15) is 27.8 Å². The normalized spacial score (nSPS) is 17.5. The Morgan fingerprint density at radius 2 is 1.00 bits per heavy atom. The lowest BCUT2D eigenvalue weighted by atomic mass is 9.92. The van der Waals surface area contributed by atoms with E-state index in [2.05, 4.69) is 0 Å². The van der Waals surface area contributed by atoms with Crippen LogP contribution < -0.4 is 18.9 Å². The second-order valence-electron chi connectivity index (χ2n) is 11.0. The first-order valence-electron chi connectivity index (χ1n) is 14.5. The van der Waals surface area contributed by atoms with Gasteiger partial charge in [-0.05, 0) is 102 Å². The first-order valence-corrected chi connectivity index (χ1v) is 14.5. The van der Waals surface area contributed by atoms with E-state index in [1.165, 1.54) is 26.4 Å². The molecule has 5 rings (SSSR count). The Labute approximate surface area is 258 Å². The molecule has 10 heteroatoms. The second kappa shape index (κ2) is 14.2. The Hall–Kier alpha value is -4.28. The van der Waals surface area contributed by atoms with Crippen molar-refractivity contribution in [3.8, 4) is 23.0 Å². The molecule has 238 valence electrons. The molecule has 0 radical (unpaired) electrons. The molecule has 6 nitrogen and oxygen atoms in total. The summed E-state index contributed by atoms with van der Waals surface area (Å²) >= 11 is 0. The van der Waals surface area contributed by atoms with Crippen molar-refractivity contribution in [1.82, 2.24) is 0 Å². The van der Waals surface area contributed by atoms with E-state index in [1.807, 2.05) is 24.3 Å². The van der Waals surface area contributed by atoms with E-state index in [-0.39, 0.29) is 36.2 Å². The van der Waals surface area contributed by atoms with E-state index in [4.69, 9.17) is 18.9 Å². The molecule has 1 aliphatic carbocycles. The highest BCUT2D eigenvalue weighted by Crippen LogP contribution is 2.46. The van der Waals surface area contributed by atoms with Crippen molar-refractivity contribution < 1.29 is 46.7 Å². The molecule has 0 spiro atoms. The van der Waals surface area contributed by atoms with E-state index in [0.717, 1.165) is 54.7 Å². The third-order valence-electron chi connectivity index (χ3n) is 8.20. The highest BCUT2D eigenvalue weighted by Gasteiger charge is 2.29. The SMILES string of the molecule is COc1cc(C2CCC(c3ccc(OCC(O)c4ccc(F)c(F)c4)c(OC)c3)C2)ccc1OCC(O)c1ccc(F)c(F)c1. The number of hydrogen-bond acceptors (Lipinski definition) is 6. The standard InChI is InChI=1S/C35H34F4O6/c1-42-34-16-22(7-11-32(34)44-18-30(40)24-5-9-26(36)28(38)14-24)20-3-4-21(13-20)23-8-12-33(35(17-23)43-2)45-19-31(41)25-6-10-27(37)29(39)15-25/h5-12,14-17,20-21,30-31,40-41H,3-4,13,18-19H2,1-2H3. The third-order valence-corrected chi connectivity index (χ3v) is 8.20. The van der Waals surface area contributed by atoms with Crippen LogP contribution in [0.2, 0.25) is 0 Å². The minimum atomic E-state index is -1.15. The monoisotopic (exact) mass is 626 g/mol. The summed E-state index contributed by atoms with van der Waals surface area (Å²) in [4.78, 5) is 0. The minimum Gasteiger partial charge on any atom is -0.493 e. The van der Waals surface area contributed by atoms with Gasteiger partial charge < -0.3 is 29.2 Å². The van der Waals surface area contributed by atoms with E-state index in [1.54, 1.807) is 12.1 Å². The van der Waals surface area contributed by atoms with Crippen LogP contribution >= 0.6 is 0 Å². The van der Waals surface area contributed by atoms with Crippen molar-refractivity contribution in [2.24, 2.45) is 0 Å². The first-order chi connectivity index (χ1) is 21.7. The van der Waals surface area contributed by atoms with Crippen molar-refractivity contribution in [2.75, 3.05) is 27.4 Å². The van der Waals surface area contributed by atoms with Crippen molar-refractivity contribution in [3.63, 3.8) is 0 Å². The summed E-state index contributed by atoms with van der Waals surface area (Å²) in [7, 11) is 3.06. The fourth-order valence-electron chi connectivity index (χ4n) is 5.67. The van der Waals surface area contributed by atoms with Crippen molar-refractivity contribution in [3.05, 3.63) is 118 Å². The van der Waals surface area contributed by atoms with Gasteiger partial charge in [-0.3, -0.25) is 0 Å². The third kappa shape index (κ3) is 7.51. The molecule has 1 saturated carbocycles. The Morgan fingerprint density at radius 1 is 0.578 bits per heavy atom. The van der Waals surface area contributed by atoms with Crippen LogP contribution in [-0.2, 0) is 0 Å². The molecule has 0 aromatic heterocycles. The predicted octanol–water partition coefficient (Wildman–Crippen LogP) is 7.54. The number of rotatable bonds is 12. The fourth-order valence-corrected chi connectivity index (χ4v) is 5.67. The summed E-state index contributed by atoms with van der Waals surface area (Å²) in [5.74, 6) is -1.67. The highest BCUT2D eigenvalue weighted by atomic mass is 19.2. The maximum atomic E-state index is 13.6. The molecule has 0 heterocycles. The van der Waals surface area contributed by atoms with Crippen LogP contribution in [0.25, 0.3) is 0 Å². The van der Waals surface area contributed by atoms with Gasteiger partial charge in [-0.25, -0.2) is 17.6 Å². The molecule has 2 N–H and O–H groups in total. The molecule has 4 unspecified atom stereocenters. The van der Waals surface area contributed by atoms with Crippen molar-refractivity contribution in [1.29, 1.82) is 0 Å². The smallest absolute Gasteiger partial charge is 0.161 e. The largest absolute Gasteiger partial charge is 0.493 e. The zero-order valence-corrected chi connectivity index (χ0v) is 24.8. The summed E-state index contributed by atoms with van der Waals surface area (Å²) in [5.41, 5.74) is 2.58. The number of aliphatic hydroxyl groups is 2. The molecule has 4 aromatic carbocycles. The first kappa shape index (κ1) is 32.1. The Balaban J connectivity index is 1.20. The van der Waals surface area contributed by atoms with Crippen LogP contribution in [0.5, 0.6) is 23.0 Å². The summed E-state index contributed by atoms with van der Waals surface area (Å²) in [6.45, 7) is -0.338. The van der Waals surface area contributed by atoms with Crippen LogP contribution in [0.4, 0.5) is 17.6 Å². The van der Waals surface area contributed by atoms with E-state index in [0.29, 0.717) is 23.0 Å². The van der Waals surface area contributed by atoms with Gasteiger partial charge in [0.15, 0.2) is 46.3 Å². The second-order valence-corrected chi connectivity index (χ2v) is 11.0. The number of benzene rings is 4. The molecule has 1 aliphatic rings. The molecule has 1 fully saturated rings. The fraction of sp³-hybridized carbons (Fsp3) is 0.314. The van der Waals surface area contributed by atoms with Gasteiger partial charge in [0.25, 0.3) is 0 Å². The van der Waals surface area contributed by atoms with Gasteiger partial charge in [-0.15, -0.1) is 0 Å². The van der Waals surface area contributed by atoms with E-state index < -0.39 is 35.5 Å². The molecule has 0 amide bonds. The number of methoxy groups -OCH3 is 2. The predicted molar refractivity (Wildman–Crippen MR) is 159 cm³/mol. The molecular weight excluding hydrogens is 592 g/mol. The summed E-state index contributed by atoms with van der Waals surface area (Å²) in [6, 6.07) is 17.8. The molecule has 0 saturated heterocycles. The minimum absolute atomic E-state index is 0.169. The van der Waals surface area contributed by atoms with Crippen LogP contribution in [0.1, 0.15) is 65.6 Å². The summed E-state index contributed by atoms with van der Waals surface area (Å²) in [6.07, 6.45) is 0.473. The van der Waals surface area contributed by atoms with Crippen molar-refractivity contribution >= 4 is 0 Å². The number of hydrogen-bond donors (Lipinski definition) is 2. The lowest BCUT2D eigenvalue weighted by Crippen LogP contribution is -2.11. The van der Waals surface area contributed by atoms with Gasteiger partial charge in [0, 0.05) is 0 Å². The van der Waals surface area contributed by atoms with E-state index >= 15 is 0 Å². The Morgan fingerprint density at radius 3 is 1.38 bits per heavy atom. The highest BCUT2D eigenvalue weighted by molar-refractivity contribution is 5.46. The maximum absolute atomic E-state index is 13.6.